The summed E-state index contributed by atoms with van der Waals surface area (Å²) >= 11 is 0. The van der Waals surface area contributed by atoms with Gasteiger partial charge in [-0.2, -0.15) is 8.78 Å². The Bertz CT molecular complexity index is 878. The molecule has 1 atom stereocenters. The molecule has 8 heteroatoms. The summed E-state index contributed by atoms with van der Waals surface area (Å²) in [5.41, 5.74) is 0.0619. The standard InChI is InChI=1S/C20H24F3N3O2/c1-5-12(2)10-24-19(28)20(22,23)17-9-14(11-26(17)4)18(27)25-15-6-7-16(21)13(3)8-15/h6-9,11-12H,5,10H2,1-4H3,(H,24,28)(H,25,27). The van der Waals surface area contributed by atoms with Gasteiger partial charge in [0.15, 0.2) is 0 Å². The number of halogens is 3. The number of benzene rings is 1. The molecule has 1 aromatic carbocycles. The molecule has 0 aliphatic rings. The number of aryl methyl sites for hydroxylation is 2. The molecule has 2 N–H and O–H groups in total. The average Bonchev–Trinajstić information content (AvgIpc) is 3.05. The molecule has 0 radical (unpaired) electrons. The summed E-state index contributed by atoms with van der Waals surface area (Å²) in [6.45, 7) is 5.44. The van der Waals surface area contributed by atoms with Gasteiger partial charge in [0, 0.05) is 25.5 Å². The lowest BCUT2D eigenvalue weighted by Crippen LogP contribution is -2.41. The van der Waals surface area contributed by atoms with Gasteiger partial charge < -0.3 is 15.2 Å². The van der Waals surface area contributed by atoms with Gasteiger partial charge in [-0.3, -0.25) is 9.59 Å². The Morgan fingerprint density at radius 3 is 2.54 bits per heavy atom. The van der Waals surface area contributed by atoms with Crippen molar-refractivity contribution in [2.75, 3.05) is 11.9 Å². The van der Waals surface area contributed by atoms with Crippen molar-refractivity contribution in [3.63, 3.8) is 0 Å². The van der Waals surface area contributed by atoms with Gasteiger partial charge in [-0.15, -0.1) is 0 Å². The number of nitrogens with zero attached hydrogens (tertiary/aromatic N) is 1. The summed E-state index contributed by atoms with van der Waals surface area (Å²) in [6, 6.07) is 5.00. The second-order valence-corrected chi connectivity index (χ2v) is 6.94. The molecule has 2 aromatic rings. The monoisotopic (exact) mass is 395 g/mol. The molecule has 0 bridgehead atoms. The van der Waals surface area contributed by atoms with Crippen LogP contribution in [0.25, 0.3) is 0 Å². The van der Waals surface area contributed by atoms with Crippen LogP contribution in [0, 0.1) is 18.7 Å². The van der Waals surface area contributed by atoms with E-state index in [0.29, 0.717) is 11.3 Å². The van der Waals surface area contributed by atoms with E-state index in [4.69, 9.17) is 0 Å². The van der Waals surface area contributed by atoms with Crippen LogP contribution in [-0.2, 0) is 17.8 Å². The van der Waals surface area contributed by atoms with Crippen LogP contribution in [0.15, 0.2) is 30.5 Å². The third kappa shape index (κ3) is 4.74. The van der Waals surface area contributed by atoms with Crippen LogP contribution >= 0.6 is 0 Å². The van der Waals surface area contributed by atoms with E-state index in [0.717, 1.165) is 17.1 Å². The van der Waals surface area contributed by atoms with E-state index in [2.05, 4.69) is 10.6 Å². The number of hydrogen-bond donors (Lipinski definition) is 2. The normalized spacial score (nSPS) is 12.5. The molecule has 28 heavy (non-hydrogen) atoms. The van der Waals surface area contributed by atoms with E-state index >= 15 is 0 Å². The van der Waals surface area contributed by atoms with Gasteiger partial charge in [-0.25, -0.2) is 4.39 Å². The first-order valence-corrected chi connectivity index (χ1v) is 8.96. The maximum absolute atomic E-state index is 14.6. The predicted octanol–water partition coefficient (Wildman–Crippen LogP) is 3.98. The molecule has 0 spiro atoms. The van der Waals surface area contributed by atoms with E-state index in [1.165, 1.54) is 31.4 Å². The summed E-state index contributed by atoms with van der Waals surface area (Å²) in [5, 5.41) is 4.78. The van der Waals surface area contributed by atoms with Crippen molar-refractivity contribution in [1.29, 1.82) is 0 Å². The van der Waals surface area contributed by atoms with Crippen molar-refractivity contribution in [1.82, 2.24) is 9.88 Å². The highest BCUT2D eigenvalue weighted by Gasteiger charge is 2.43. The fourth-order valence-corrected chi connectivity index (χ4v) is 2.57. The molecule has 5 nitrogen and oxygen atoms in total. The van der Waals surface area contributed by atoms with Gasteiger partial charge in [-0.05, 0) is 42.7 Å². The van der Waals surface area contributed by atoms with Gasteiger partial charge in [0.25, 0.3) is 11.8 Å². The number of anilines is 1. The number of alkyl halides is 2. The third-order valence-electron chi connectivity index (χ3n) is 4.60. The van der Waals surface area contributed by atoms with Crippen LogP contribution in [0.1, 0.15) is 41.9 Å². The zero-order valence-electron chi connectivity index (χ0n) is 16.3. The lowest BCUT2D eigenvalue weighted by molar-refractivity contribution is -0.148. The number of rotatable bonds is 7. The molecule has 2 rings (SSSR count). The van der Waals surface area contributed by atoms with E-state index in [1.54, 1.807) is 6.92 Å². The minimum atomic E-state index is -3.78. The molecule has 1 aromatic heterocycles. The van der Waals surface area contributed by atoms with E-state index in [1.807, 2.05) is 13.8 Å². The number of carbonyl (C=O) groups excluding carboxylic acids is 2. The highest BCUT2D eigenvalue weighted by molar-refractivity contribution is 6.04. The number of aromatic nitrogens is 1. The smallest absolute Gasteiger partial charge is 0.350 e. The highest BCUT2D eigenvalue weighted by Crippen LogP contribution is 2.30. The quantitative estimate of drug-likeness (QED) is 0.745. The molecule has 2 amide bonds. The molecule has 0 aliphatic heterocycles. The Hall–Kier alpha value is -2.77. The lowest BCUT2D eigenvalue weighted by Gasteiger charge is -2.18. The van der Waals surface area contributed by atoms with Gasteiger partial charge >= 0.3 is 5.92 Å². The number of carbonyl (C=O) groups is 2. The zero-order valence-corrected chi connectivity index (χ0v) is 16.3. The fraction of sp³-hybridized carbons (Fsp3) is 0.400. The van der Waals surface area contributed by atoms with Crippen LogP contribution in [0.4, 0.5) is 18.9 Å². The van der Waals surface area contributed by atoms with Gasteiger partial charge in [-0.1, -0.05) is 20.3 Å². The first-order valence-electron chi connectivity index (χ1n) is 8.96. The molecule has 152 valence electrons. The Morgan fingerprint density at radius 1 is 1.25 bits per heavy atom. The van der Waals surface area contributed by atoms with Gasteiger partial charge in [0.05, 0.1) is 11.3 Å². The minimum Gasteiger partial charge on any atom is -0.350 e. The SMILES string of the molecule is CCC(C)CNC(=O)C(F)(F)c1cc(C(=O)Nc2ccc(F)c(C)c2)cn1C. The molecule has 0 aliphatic carbocycles. The molecule has 0 fully saturated rings. The van der Waals surface area contributed by atoms with Crippen molar-refractivity contribution in [2.24, 2.45) is 13.0 Å². The first kappa shape index (κ1) is 21.5. The minimum absolute atomic E-state index is 0.0334. The average molecular weight is 395 g/mol. The third-order valence-corrected chi connectivity index (χ3v) is 4.60. The second kappa shape index (κ2) is 8.50. The Morgan fingerprint density at radius 2 is 1.93 bits per heavy atom. The maximum Gasteiger partial charge on any atom is 0.364 e. The molecule has 1 heterocycles. The van der Waals surface area contributed by atoms with Crippen molar-refractivity contribution < 1.29 is 22.8 Å². The lowest BCUT2D eigenvalue weighted by atomic mass is 10.1. The van der Waals surface area contributed by atoms with E-state index < -0.39 is 29.2 Å². The van der Waals surface area contributed by atoms with E-state index in [-0.39, 0.29) is 18.0 Å². The largest absolute Gasteiger partial charge is 0.364 e. The van der Waals surface area contributed by atoms with Crippen molar-refractivity contribution in [3.05, 3.63) is 53.1 Å². The van der Waals surface area contributed by atoms with Crippen molar-refractivity contribution in [3.8, 4) is 0 Å². The first-order chi connectivity index (χ1) is 13.1. The number of nitrogens with one attached hydrogen (secondary N) is 2. The Kier molecular flexibility index (Phi) is 6.53. The van der Waals surface area contributed by atoms with Gasteiger partial charge in [0.2, 0.25) is 0 Å². The Labute approximate surface area is 161 Å². The molecular formula is C20H24F3N3O2. The van der Waals surface area contributed by atoms with Crippen LogP contribution in [0.2, 0.25) is 0 Å². The molecule has 0 saturated heterocycles. The molecular weight excluding hydrogens is 371 g/mol. The van der Waals surface area contributed by atoms with Crippen LogP contribution in [0.5, 0.6) is 0 Å². The zero-order chi connectivity index (χ0) is 21.1. The summed E-state index contributed by atoms with van der Waals surface area (Å²) in [4.78, 5) is 24.3. The highest BCUT2D eigenvalue weighted by atomic mass is 19.3. The molecule has 0 saturated carbocycles. The van der Waals surface area contributed by atoms with Crippen molar-refractivity contribution >= 4 is 17.5 Å². The fourth-order valence-electron chi connectivity index (χ4n) is 2.57. The number of amides is 2. The molecule has 1 unspecified atom stereocenters. The van der Waals surface area contributed by atoms with Crippen LogP contribution in [-0.4, -0.2) is 22.9 Å². The van der Waals surface area contributed by atoms with Gasteiger partial charge in [0.1, 0.15) is 5.82 Å². The van der Waals surface area contributed by atoms with Crippen LogP contribution in [0.3, 0.4) is 0 Å². The Balaban J connectivity index is 2.17. The maximum atomic E-state index is 14.6. The number of hydrogen-bond acceptors (Lipinski definition) is 2. The summed E-state index contributed by atoms with van der Waals surface area (Å²) < 4.78 is 43.5. The summed E-state index contributed by atoms with van der Waals surface area (Å²) in [7, 11) is 1.34. The topological polar surface area (TPSA) is 63.1 Å². The van der Waals surface area contributed by atoms with Crippen molar-refractivity contribution in [2.45, 2.75) is 33.1 Å². The summed E-state index contributed by atoms with van der Waals surface area (Å²) in [6.07, 6.45) is 1.97. The van der Waals surface area contributed by atoms with Crippen LogP contribution < -0.4 is 10.6 Å². The second-order valence-electron chi connectivity index (χ2n) is 6.94. The summed E-state index contributed by atoms with van der Waals surface area (Å²) in [5.74, 6) is -6.16. The van der Waals surface area contributed by atoms with E-state index in [9.17, 15) is 22.8 Å². The predicted molar refractivity (Wildman–Crippen MR) is 101 cm³/mol.